The van der Waals surface area contributed by atoms with Crippen LogP contribution in [0.4, 0.5) is 0 Å². The molecule has 122 valence electrons. The van der Waals surface area contributed by atoms with Gasteiger partial charge >= 0.3 is 0 Å². The van der Waals surface area contributed by atoms with Crippen molar-refractivity contribution in [3.8, 4) is 11.4 Å². The zero-order valence-corrected chi connectivity index (χ0v) is 14.4. The van der Waals surface area contributed by atoms with Gasteiger partial charge in [0.05, 0.1) is 22.5 Å². The summed E-state index contributed by atoms with van der Waals surface area (Å²) in [6.07, 6.45) is 0.768. The molecule has 5 nitrogen and oxygen atoms in total. The van der Waals surface area contributed by atoms with Gasteiger partial charge in [0.15, 0.2) is 0 Å². The molecular formula is C17H15ClN4OS. The van der Waals surface area contributed by atoms with E-state index in [2.05, 4.69) is 19.9 Å². The Balaban J connectivity index is 1.61. The standard InChI is InChI=1S/C17H15ClN4OS/c18-12-3-1-11(2-4-12)16-20-15-5-6-22(7-13-9-24-10-19-13)8-14(15)17(23)21-16/h1-4,9-10H,5-8H2,(H,20,21,23). The van der Waals surface area contributed by atoms with E-state index in [-0.39, 0.29) is 5.56 Å². The first-order valence-electron chi connectivity index (χ1n) is 7.66. The largest absolute Gasteiger partial charge is 0.306 e. The summed E-state index contributed by atoms with van der Waals surface area (Å²) >= 11 is 7.51. The van der Waals surface area contributed by atoms with Gasteiger partial charge in [0.1, 0.15) is 5.82 Å². The van der Waals surface area contributed by atoms with E-state index in [4.69, 9.17) is 11.6 Å². The van der Waals surface area contributed by atoms with Crippen molar-refractivity contribution in [2.24, 2.45) is 0 Å². The number of rotatable bonds is 3. The molecule has 1 N–H and O–H groups in total. The highest BCUT2D eigenvalue weighted by Crippen LogP contribution is 2.21. The Labute approximate surface area is 148 Å². The van der Waals surface area contributed by atoms with Gasteiger partial charge in [0.25, 0.3) is 5.56 Å². The van der Waals surface area contributed by atoms with Gasteiger partial charge < -0.3 is 4.98 Å². The van der Waals surface area contributed by atoms with Gasteiger partial charge in [-0.05, 0) is 24.3 Å². The fourth-order valence-corrected chi connectivity index (χ4v) is 3.58. The molecule has 4 rings (SSSR count). The fourth-order valence-electron chi connectivity index (χ4n) is 2.91. The summed E-state index contributed by atoms with van der Waals surface area (Å²) in [5, 5.41) is 2.71. The van der Waals surface area contributed by atoms with Crippen LogP contribution in [0.25, 0.3) is 11.4 Å². The Morgan fingerprint density at radius 3 is 2.88 bits per heavy atom. The lowest BCUT2D eigenvalue weighted by Gasteiger charge is -2.27. The second-order valence-corrected chi connectivity index (χ2v) is 6.94. The summed E-state index contributed by atoms with van der Waals surface area (Å²) in [5.41, 5.74) is 5.33. The quantitative estimate of drug-likeness (QED) is 0.781. The maximum absolute atomic E-state index is 12.5. The second kappa shape index (κ2) is 6.47. The molecule has 0 fully saturated rings. The third-order valence-electron chi connectivity index (χ3n) is 4.13. The average Bonchev–Trinajstić information content (AvgIpc) is 3.09. The number of hydrogen-bond donors (Lipinski definition) is 1. The van der Waals surface area contributed by atoms with E-state index in [1.165, 1.54) is 0 Å². The number of halogens is 1. The molecule has 0 atom stereocenters. The maximum atomic E-state index is 12.5. The highest BCUT2D eigenvalue weighted by Gasteiger charge is 2.21. The van der Waals surface area contributed by atoms with Crippen molar-refractivity contribution in [3.63, 3.8) is 0 Å². The smallest absolute Gasteiger partial charge is 0.255 e. The van der Waals surface area contributed by atoms with Gasteiger partial charge in [-0.2, -0.15) is 0 Å². The van der Waals surface area contributed by atoms with E-state index in [1.807, 2.05) is 23.0 Å². The first-order valence-corrected chi connectivity index (χ1v) is 8.98. The number of aromatic nitrogens is 3. The van der Waals surface area contributed by atoms with Crippen molar-refractivity contribution < 1.29 is 0 Å². The van der Waals surface area contributed by atoms with E-state index < -0.39 is 0 Å². The summed E-state index contributed by atoms with van der Waals surface area (Å²) in [6.45, 7) is 2.25. The van der Waals surface area contributed by atoms with E-state index in [0.717, 1.165) is 42.0 Å². The molecule has 7 heteroatoms. The van der Waals surface area contributed by atoms with Crippen LogP contribution in [0.1, 0.15) is 17.0 Å². The topological polar surface area (TPSA) is 61.9 Å². The molecule has 0 unspecified atom stereocenters. The highest BCUT2D eigenvalue weighted by atomic mass is 35.5. The summed E-state index contributed by atoms with van der Waals surface area (Å²) in [7, 11) is 0. The Bertz CT molecular complexity index is 905. The molecule has 24 heavy (non-hydrogen) atoms. The van der Waals surface area contributed by atoms with E-state index in [9.17, 15) is 4.79 Å². The third kappa shape index (κ3) is 3.13. The Morgan fingerprint density at radius 1 is 1.29 bits per heavy atom. The number of nitrogens with one attached hydrogen (secondary N) is 1. The van der Waals surface area contributed by atoms with Crippen LogP contribution in [0, 0.1) is 0 Å². The molecule has 0 saturated heterocycles. The van der Waals surface area contributed by atoms with Crippen molar-refractivity contribution in [2.75, 3.05) is 6.54 Å². The van der Waals surface area contributed by atoms with Crippen LogP contribution in [-0.4, -0.2) is 26.4 Å². The third-order valence-corrected chi connectivity index (χ3v) is 5.02. The lowest BCUT2D eigenvalue weighted by atomic mass is 10.1. The van der Waals surface area contributed by atoms with Crippen molar-refractivity contribution >= 4 is 22.9 Å². The Hall–Kier alpha value is -2.02. The number of aromatic amines is 1. The molecule has 1 aliphatic heterocycles. The van der Waals surface area contributed by atoms with Crippen molar-refractivity contribution in [1.82, 2.24) is 19.9 Å². The van der Waals surface area contributed by atoms with E-state index >= 15 is 0 Å². The minimum Gasteiger partial charge on any atom is -0.306 e. The molecule has 0 radical (unpaired) electrons. The molecule has 1 aromatic carbocycles. The molecule has 0 spiro atoms. The van der Waals surface area contributed by atoms with Gasteiger partial charge in [-0.25, -0.2) is 9.97 Å². The summed E-state index contributed by atoms with van der Waals surface area (Å²) in [5.74, 6) is 0.600. The van der Waals surface area contributed by atoms with Crippen LogP contribution in [0.2, 0.25) is 5.02 Å². The first-order chi connectivity index (χ1) is 11.7. The van der Waals surface area contributed by atoms with Crippen LogP contribution in [0.15, 0.2) is 40.0 Å². The minimum atomic E-state index is -0.0621. The summed E-state index contributed by atoms with van der Waals surface area (Å²) < 4.78 is 0. The molecule has 0 amide bonds. The van der Waals surface area contributed by atoms with Gasteiger partial charge in [-0.1, -0.05) is 11.6 Å². The van der Waals surface area contributed by atoms with Crippen molar-refractivity contribution in [1.29, 1.82) is 0 Å². The van der Waals surface area contributed by atoms with Crippen LogP contribution in [0.5, 0.6) is 0 Å². The first kappa shape index (κ1) is 15.5. The molecule has 2 aromatic heterocycles. The predicted octanol–water partition coefficient (Wildman–Crippen LogP) is 3.11. The lowest BCUT2D eigenvalue weighted by molar-refractivity contribution is 0.239. The molecule has 1 aliphatic rings. The monoisotopic (exact) mass is 358 g/mol. The number of benzene rings is 1. The van der Waals surface area contributed by atoms with Crippen LogP contribution >= 0.6 is 22.9 Å². The lowest BCUT2D eigenvalue weighted by Crippen LogP contribution is -2.35. The second-order valence-electron chi connectivity index (χ2n) is 5.79. The van der Waals surface area contributed by atoms with E-state index in [1.54, 1.807) is 23.5 Å². The normalized spacial score (nSPS) is 14.5. The SMILES string of the molecule is O=c1[nH]c(-c2ccc(Cl)cc2)nc2c1CN(Cc1cscn1)CC2. The van der Waals surface area contributed by atoms with Crippen LogP contribution < -0.4 is 5.56 Å². The number of fused-ring (bicyclic) bond motifs is 1. The Morgan fingerprint density at radius 2 is 2.12 bits per heavy atom. The summed E-state index contributed by atoms with van der Waals surface area (Å²) in [6, 6.07) is 7.33. The van der Waals surface area contributed by atoms with Crippen LogP contribution in [0.3, 0.4) is 0 Å². The van der Waals surface area contributed by atoms with Crippen LogP contribution in [-0.2, 0) is 19.5 Å². The number of hydrogen-bond acceptors (Lipinski definition) is 5. The summed E-state index contributed by atoms with van der Waals surface area (Å²) in [4.78, 5) is 26.6. The highest BCUT2D eigenvalue weighted by molar-refractivity contribution is 7.07. The van der Waals surface area contributed by atoms with Crippen molar-refractivity contribution in [3.05, 3.63) is 67.5 Å². The fraction of sp³-hybridized carbons (Fsp3) is 0.235. The molecule has 3 aromatic rings. The number of H-pyrrole nitrogens is 1. The average molecular weight is 359 g/mol. The number of nitrogens with zero attached hydrogens (tertiary/aromatic N) is 3. The van der Waals surface area contributed by atoms with E-state index in [0.29, 0.717) is 17.4 Å². The Kier molecular flexibility index (Phi) is 4.18. The zero-order chi connectivity index (χ0) is 16.5. The molecule has 0 aliphatic carbocycles. The van der Waals surface area contributed by atoms with Gasteiger partial charge in [-0.3, -0.25) is 9.69 Å². The zero-order valence-electron chi connectivity index (χ0n) is 12.8. The number of thiazole rings is 1. The minimum absolute atomic E-state index is 0.0621. The van der Waals surface area contributed by atoms with Gasteiger partial charge in [-0.15, -0.1) is 11.3 Å². The van der Waals surface area contributed by atoms with Gasteiger partial charge in [0, 0.05) is 42.0 Å². The maximum Gasteiger partial charge on any atom is 0.255 e. The molecular weight excluding hydrogens is 344 g/mol. The molecule has 0 saturated carbocycles. The molecule has 3 heterocycles. The predicted molar refractivity (Wildman–Crippen MR) is 95.2 cm³/mol. The molecule has 0 bridgehead atoms. The van der Waals surface area contributed by atoms with Gasteiger partial charge in [0.2, 0.25) is 0 Å². The van der Waals surface area contributed by atoms with Crippen molar-refractivity contribution in [2.45, 2.75) is 19.5 Å².